The van der Waals surface area contributed by atoms with Crippen molar-refractivity contribution in [3.8, 4) is 5.75 Å². The largest absolute Gasteiger partial charge is 0.496 e. The van der Waals surface area contributed by atoms with Crippen LogP contribution in [-0.4, -0.2) is 38.4 Å². The highest BCUT2D eigenvalue weighted by Crippen LogP contribution is 2.20. The number of amides is 1. The number of benzene rings is 2. The van der Waals surface area contributed by atoms with Crippen molar-refractivity contribution in [3.63, 3.8) is 0 Å². The van der Waals surface area contributed by atoms with Crippen molar-refractivity contribution in [1.82, 2.24) is 5.32 Å². The van der Waals surface area contributed by atoms with Crippen LogP contribution >= 0.6 is 0 Å². The van der Waals surface area contributed by atoms with E-state index in [-0.39, 0.29) is 18.1 Å². The molecule has 1 fully saturated rings. The lowest BCUT2D eigenvalue weighted by Crippen LogP contribution is -2.49. The van der Waals surface area contributed by atoms with Gasteiger partial charge in [0.05, 0.1) is 26.4 Å². The molecule has 3 rings (SSSR count). The lowest BCUT2D eigenvalue weighted by atomic mass is 10.0. The Morgan fingerprint density at radius 2 is 2.04 bits per heavy atom. The van der Waals surface area contributed by atoms with Gasteiger partial charge in [-0.2, -0.15) is 0 Å². The minimum absolute atomic E-state index is 0.0766. The summed E-state index contributed by atoms with van der Waals surface area (Å²) in [6.07, 6.45) is 0.564. The lowest BCUT2D eigenvalue weighted by molar-refractivity contribution is -0.0736. The molecule has 0 spiro atoms. The SMILES string of the molecule is COc1cc(C(=O)N[C@@H]2CCOC[C@H]2OCc2ccccc2)ccc1C. The number of carbonyl (C=O) groups is 1. The van der Waals surface area contributed by atoms with E-state index in [9.17, 15) is 4.79 Å². The fourth-order valence-corrected chi connectivity index (χ4v) is 3.03. The van der Waals surface area contributed by atoms with Crippen molar-refractivity contribution in [2.75, 3.05) is 20.3 Å². The van der Waals surface area contributed by atoms with Gasteiger partial charge in [-0.1, -0.05) is 36.4 Å². The zero-order chi connectivity index (χ0) is 18.4. The predicted molar refractivity (Wildman–Crippen MR) is 99.4 cm³/mol. The summed E-state index contributed by atoms with van der Waals surface area (Å²) in [5.74, 6) is 0.588. The fraction of sp³-hybridized carbons (Fsp3) is 0.381. The number of methoxy groups -OCH3 is 1. The third kappa shape index (κ3) is 4.62. The van der Waals surface area contributed by atoms with E-state index in [0.29, 0.717) is 31.1 Å². The first kappa shape index (κ1) is 18.4. The minimum atomic E-state index is -0.166. The molecule has 5 nitrogen and oxygen atoms in total. The summed E-state index contributed by atoms with van der Waals surface area (Å²) in [6, 6.07) is 15.4. The summed E-state index contributed by atoms with van der Waals surface area (Å²) in [6.45, 7) is 3.55. The molecule has 0 bridgehead atoms. The molecule has 2 aromatic carbocycles. The summed E-state index contributed by atoms with van der Waals surface area (Å²) in [4.78, 5) is 12.6. The van der Waals surface area contributed by atoms with Crippen LogP contribution in [0.3, 0.4) is 0 Å². The number of ether oxygens (including phenoxy) is 3. The van der Waals surface area contributed by atoms with Crippen molar-refractivity contribution in [1.29, 1.82) is 0 Å². The molecule has 0 aliphatic carbocycles. The molecule has 26 heavy (non-hydrogen) atoms. The summed E-state index contributed by atoms with van der Waals surface area (Å²) in [5, 5.41) is 3.09. The van der Waals surface area contributed by atoms with E-state index in [1.807, 2.05) is 49.4 Å². The Morgan fingerprint density at radius 1 is 1.23 bits per heavy atom. The van der Waals surface area contributed by atoms with Crippen LogP contribution in [-0.2, 0) is 16.1 Å². The molecule has 1 aliphatic rings. The Labute approximate surface area is 154 Å². The Balaban J connectivity index is 1.63. The Bertz CT molecular complexity index is 732. The van der Waals surface area contributed by atoms with Crippen LogP contribution in [0, 0.1) is 6.92 Å². The molecule has 5 heteroatoms. The molecule has 138 valence electrons. The summed E-state index contributed by atoms with van der Waals surface area (Å²) < 4.78 is 16.9. The molecule has 0 saturated carbocycles. The van der Waals surface area contributed by atoms with E-state index in [1.165, 1.54) is 0 Å². The molecule has 2 aromatic rings. The van der Waals surface area contributed by atoms with E-state index in [2.05, 4.69) is 5.32 Å². The summed E-state index contributed by atoms with van der Waals surface area (Å²) >= 11 is 0. The number of carbonyl (C=O) groups excluding carboxylic acids is 1. The zero-order valence-corrected chi connectivity index (χ0v) is 15.2. The van der Waals surface area contributed by atoms with Gasteiger partial charge in [-0.25, -0.2) is 0 Å². The van der Waals surface area contributed by atoms with Crippen LogP contribution in [0.1, 0.15) is 27.9 Å². The van der Waals surface area contributed by atoms with Crippen LogP contribution in [0.4, 0.5) is 0 Å². The molecule has 0 unspecified atom stereocenters. The van der Waals surface area contributed by atoms with Crippen molar-refractivity contribution in [2.45, 2.75) is 32.1 Å². The van der Waals surface area contributed by atoms with Gasteiger partial charge in [0.1, 0.15) is 11.9 Å². The van der Waals surface area contributed by atoms with Gasteiger partial charge in [-0.3, -0.25) is 4.79 Å². The molecular formula is C21H25NO4. The highest BCUT2D eigenvalue weighted by Gasteiger charge is 2.28. The molecular weight excluding hydrogens is 330 g/mol. The predicted octanol–water partition coefficient (Wildman–Crippen LogP) is 3.11. The number of hydrogen-bond acceptors (Lipinski definition) is 4. The maximum Gasteiger partial charge on any atom is 0.251 e. The highest BCUT2D eigenvalue weighted by atomic mass is 16.5. The molecule has 2 atom stereocenters. The summed E-state index contributed by atoms with van der Waals surface area (Å²) in [5.41, 5.74) is 2.69. The first-order valence-electron chi connectivity index (χ1n) is 8.86. The van der Waals surface area contributed by atoms with Crippen molar-refractivity contribution in [3.05, 3.63) is 65.2 Å². The molecule has 1 saturated heterocycles. The van der Waals surface area contributed by atoms with E-state index in [1.54, 1.807) is 13.2 Å². The molecule has 1 aliphatic heterocycles. The second-order valence-electron chi connectivity index (χ2n) is 6.46. The van der Waals surface area contributed by atoms with Crippen LogP contribution in [0.5, 0.6) is 5.75 Å². The van der Waals surface area contributed by atoms with Crippen LogP contribution in [0.2, 0.25) is 0 Å². The first-order chi connectivity index (χ1) is 12.7. The topological polar surface area (TPSA) is 56.8 Å². The van der Waals surface area contributed by atoms with Crippen LogP contribution in [0.15, 0.2) is 48.5 Å². The van der Waals surface area contributed by atoms with Crippen molar-refractivity contribution < 1.29 is 19.0 Å². The minimum Gasteiger partial charge on any atom is -0.496 e. The van der Waals surface area contributed by atoms with Gasteiger partial charge in [0.2, 0.25) is 0 Å². The lowest BCUT2D eigenvalue weighted by Gasteiger charge is -2.32. The van der Waals surface area contributed by atoms with Crippen LogP contribution in [0.25, 0.3) is 0 Å². The third-order valence-corrected chi connectivity index (χ3v) is 4.60. The van der Waals surface area contributed by atoms with Crippen molar-refractivity contribution >= 4 is 5.91 Å². The van der Waals surface area contributed by atoms with E-state index < -0.39 is 0 Å². The van der Waals surface area contributed by atoms with Gasteiger partial charge >= 0.3 is 0 Å². The van der Waals surface area contributed by atoms with Gasteiger partial charge < -0.3 is 19.5 Å². The van der Waals surface area contributed by atoms with Gasteiger partial charge in [0, 0.05) is 12.2 Å². The second-order valence-corrected chi connectivity index (χ2v) is 6.46. The van der Waals surface area contributed by atoms with Gasteiger partial charge in [0.15, 0.2) is 0 Å². The molecule has 1 heterocycles. The van der Waals surface area contributed by atoms with E-state index in [4.69, 9.17) is 14.2 Å². The Morgan fingerprint density at radius 3 is 2.81 bits per heavy atom. The maximum absolute atomic E-state index is 12.6. The highest BCUT2D eigenvalue weighted by molar-refractivity contribution is 5.95. The molecule has 1 amide bonds. The average molecular weight is 355 g/mol. The summed E-state index contributed by atoms with van der Waals surface area (Å²) in [7, 11) is 1.61. The second kappa shape index (κ2) is 8.83. The third-order valence-electron chi connectivity index (χ3n) is 4.60. The van der Waals surface area contributed by atoms with Gasteiger partial charge in [-0.15, -0.1) is 0 Å². The van der Waals surface area contributed by atoms with E-state index in [0.717, 1.165) is 17.5 Å². The molecule has 1 N–H and O–H groups in total. The quantitative estimate of drug-likeness (QED) is 0.865. The number of nitrogens with one attached hydrogen (secondary N) is 1. The number of rotatable bonds is 6. The Kier molecular flexibility index (Phi) is 6.26. The standard InChI is InChI=1S/C21H25NO4/c1-15-8-9-17(12-19(15)24-2)21(23)22-18-10-11-25-14-20(18)26-13-16-6-4-3-5-7-16/h3-9,12,18,20H,10-11,13-14H2,1-2H3,(H,22,23)/t18-,20-/m1/s1. The van der Waals surface area contributed by atoms with Crippen molar-refractivity contribution in [2.24, 2.45) is 0 Å². The maximum atomic E-state index is 12.6. The fourth-order valence-electron chi connectivity index (χ4n) is 3.03. The molecule has 0 aromatic heterocycles. The number of hydrogen-bond donors (Lipinski definition) is 1. The van der Waals surface area contributed by atoms with Crippen LogP contribution < -0.4 is 10.1 Å². The first-order valence-corrected chi connectivity index (χ1v) is 8.86. The van der Waals surface area contributed by atoms with Gasteiger partial charge in [0.25, 0.3) is 5.91 Å². The average Bonchev–Trinajstić information content (AvgIpc) is 2.68. The molecule has 0 radical (unpaired) electrons. The zero-order valence-electron chi connectivity index (χ0n) is 15.2. The smallest absolute Gasteiger partial charge is 0.251 e. The number of aryl methyl sites for hydroxylation is 1. The van der Waals surface area contributed by atoms with Gasteiger partial charge in [-0.05, 0) is 36.6 Å². The Hall–Kier alpha value is -2.37. The van der Waals surface area contributed by atoms with E-state index >= 15 is 0 Å². The monoisotopic (exact) mass is 355 g/mol. The normalized spacial score (nSPS) is 19.8.